The van der Waals surface area contributed by atoms with E-state index in [-0.39, 0.29) is 36.0 Å². The van der Waals surface area contributed by atoms with Crippen molar-refractivity contribution in [1.82, 2.24) is 15.1 Å². The van der Waals surface area contributed by atoms with Gasteiger partial charge in [0, 0.05) is 19.5 Å². The minimum Gasteiger partial charge on any atom is -0.495 e. The third kappa shape index (κ3) is 5.27. The zero-order valence-corrected chi connectivity index (χ0v) is 20.3. The first-order valence-corrected chi connectivity index (χ1v) is 11.4. The van der Waals surface area contributed by atoms with E-state index in [0.29, 0.717) is 11.4 Å². The number of nitrogens with zero attached hydrogens (tertiary/aromatic N) is 5. The predicted molar refractivity (Wildman–Crippen MR) is 123 cm³/mol. The molecule has 13 heteroatoms. The van der Waals surface area contributed by atoms with Crippen LogP contribution in [0.1, 0.15) is 32.2 Å². The molecule has 188 valence electrons. The molecule has 3 rings (SSSR count). The largest absolute Gasteiger partial charge is 0.495 e. The van der Waals surface area contributed by atoms with Crippen LogP contribution in [0.3, 0.4) is 0 Å². The number of para-hydroxylation sites is 2. The maximum atomic E-state index is 13.4. The molecule has 2 heterocycles. The number of benzene rings is 1. The van der Waals surface area contributed by atoms with E-state index in [1.54, 1.807) is 45.0 Å². The average molecular weight is 512 g/mol. The third-order valence-corrected chi connectivity index (χ3v) is 6.33. The van der Waals surface area contributed by atoms with Crippen LogP contribution in [-0.4, -0.2) is 59.2 Å². The Hall–Kier alpha value is -3.53. The Morgan fingerprint density at radius 1 is 1.31 bits per heavy atom. The number of aromatic nitrogens is 2. The van der Waals surface area contributed by atoms with E-state index < -0.39 is 35.1 Å². The van der Waals surface area contributed by atoms with Crippen molar-refractivity contribution in [3.63, 3.8) is 0 Å². The zero-order chi connectivity index (χ0) is 26.0. The minimum atomic E-state index is -4.75. The number of carbonyl (C=O) groups excluding carboxylic acids is 2. The van der Waals surface area contributed by atoms with Gasteiger partial charge in [-0.15, -0.1) is 16.6 Å². The van der Waals surface area contributed by atoms with Crippen molar-refractivity contribution in [3.8, 4) is 18.1 Å². The molecule has 1 saturated heterocycles. The van der Waals surface area contributed by atoms with E-state index in [0.717, 1.165) is 4.90 Å². The van der Waals surface area contributed by atoms with E-state index in [1.807, 2.05) is 0 Å². The maximum absolute atomic E-state index is 13.4. The van der Waals surface area contributed by atoms with Crippen LogP contribution in [0.25, 0.3) is 0 Å². The first-order valence-electron chi connectivity index (χ1n) is 10.5. The topological polar surface area (TPSA) is 88.1 Å². The van der Waals surface area contributed by atoms with Gasteiger partial charge in [0.25, 0.3) is 0 Å². The van der Waals surface area contributed by atoms with E-state index in [4.69, 9.17) is 15.9 Å². The van der Waals surface area contributed by atoms with Crippen molar-refractivity contribution in [3.05, 3.63) is 29.3 Å². The molecule has 0 N–H and O–H groups in total. The summed E-state index contributed by atoms with van der Waals surface area (Å²) in [5, 5.41) is 5.12. The Labute approximate surface area is 204 Å². The molecule has 0 aliphatic carbocycles. The molecule has 1 aromatic carbocycles. The molecule has 1 aromatic heterocycles. The van der Waals surface area contributed by atoms with Crippen LogP contribution in [-0.2, 0) is 10.9 Å². The summed E-state index contributed by atoms with van der Waals surface area (Å²) in [6.45, 7) is 5.27. The highest BCUT2D eigenvalue weighted by atomic mass is 32.1. The molecule has 35 heavy (non-hydrogen) atoms. The van der Waals surface area contributed by atoms with Crippen molar-refractivity contribution < 1.29 is 32.2 Å². The lowest BCUT2D eigenvalue weighted by atomic mass is 10.0. The van der Waals surface area contributed by atoms with Crippen LogP contribution < -0.4 is 14.5 Å². The SMILES string of the molecule is C#CC(C)(C)N1CCC(OC(=O)N(CC)c2ccccc2OC)N(c2nnc(C(F)(F)F)s2)C1=O. The van der Waals surface area contributed by atoms with Crippen LogP contribution in [0, 0.1) is 12.3 Å². The molecule has 0 bridgehead atoms. The number of urea groups is 1. The van der Waals surface area contributed by atoms with Crippen molar-refractivity contribution in [2.45, 2.75) is 45.1 Å². The second kappa shape index (κ2) is 9.99. The molecular formula is C22H24F3N5O4S. The molecule has 2 aromatic rings. The molecule has 1 atom stereocenters. The number of anilines is 2. The van der Waals surface area contributed by atoms with Gasteiger partial charge in [-0.25, -0.2) is 14.5 Å². The van der Waals surface area contributed by atoms with E-state index in [2.05, 4.69) is 16.1 Å². The van der Waals surface area contributed by atoms with Gasteiger partial charge in [-0.3, -0.25) is 4.90 Å². The molecule has 0 spiro atoms. The number of carbonyl (C=O) groups is 2. The number of terminal acetylenes is 1. The van der Waals surface area contributed by atoms with Gasteiger partial charge in [0.15, 0.2) is 6.23 Å². The summed E-state index contributed by atoms with van der Waals surface area (Å²) < 4.78 is 50.5. The summed E-state index contributed by atoms with van der Waals surface area (Å²) >= 11 is 0.172. The van der Waals surface area contributed by atoms with Gasteiger partial charge in [-0.2, -0.15) is 13.2 Å². The van der Waals surface area contributed by atoms with E-state index in [1.165, 1.54) is 16.9 Å². The normalized spacial score (nSPS) is 16.6. The predicted octanol–water partition coefficient (Wildman–Crippen LogP) is 4.60. The quantitative estimate of drug-likeness (QED) is 0.527. The van der Waals surface area contributed by atoms with Gasteiger partial charge in [0.1, 0.15) is 5.75 Å². The van der Waals surface area contributed by atoms with Crippen molar-refractivity contribution >= 4 is 34.3 Å². The second-order valence-electron chi connectivity index (χ2n) is 7.94. The van der Waals surface area contributed by atoms with Gasteiger partial charge in [-0.05, 0) is 32.9 Å². The van der Waals surface area contributed by atoms with Crippen LogP contribution in [0.15, 0.2) is 24.3 Å². The maximum Gasteiger partial charge on any atom is 0.445 e. The first kappa shape index (κ1) is 26.1. The van der Waals surface area contributed by atoms with Crippen molar-refractivity contribution in [2.24, 2.45) is 0 Å². The molecule has 3 amide bonds. The lowest BCUT2D eigenvalue weighted by molar-refractivity contribution is -0.138. The highest BCUT2D eigenvalue weighted by Crippen LogP contribution is 2.37. The number of methoxy groups -OCH3 is 1. The molecule has 0 saturated carbocycles. The van der Waals surface area contributed by atoms with Gasteiger partial charge < -0.3 is 14.4 Å². The Balaban J connectivity index is 1.96. The summed E-state index contributed by atoms with van der Waals surface area (Å²) in [6, 6.07) is 6.02. The van der Waals surface area contributed by atoms with E-state index >= 15 is 0 Å². The molecule has 0 radical (unpaired) electrons. The standard InChI is InChI=1S/C22H24F3N5O4S/c1-6-21(3,4)29-13-12-16(30(19(29)31)18-27-26-17(35-18)22(23,24)25)34-20(32)28(7-2)14-10-8-9-11-15(14)33-5/h1,8-11,16H,7,12-13H2,2-5H3. The molecular weight excluding hydrogens is 487 g/mol. The van der Waals surface area contributed by atoms with Gasteiger partial charge in [0.2, 0.25) is 10.1 Å². The number of alkyl halides is 3. The first-order chi connectivity index (χ1) is 16.4. The molecule has 1 aliphatic heterocycles. The molecule has 1 aliphatic rings. The number of hydrogen-bond acceptors (Lipinski definition) is 7. The second-order valence-corrected chi connectivity index (χ2v) is 8.89. The zero-order valence-electron chi connectivity index (χ0n) is 19.5. The highest BCUT2D eigenvalue weighted by molar-refractivity contribution is 7.15. The molecule has 1 fully saturated rings. The Morgan fingerprint density at radius 3 is 2.57 bits per heavy atom. The van der Waals surface area contributed by atoms with Crippen LogP contribution in [0.5, 0.6) is 5.75 Å². The van der Waals surface area contributed by atoms with Crippen LogP contribution in [0.2, 0.25) is 0 Å². The Morgan fingerprint density at radius 2 is 2.00 bits per heavy atom. The summed E-state index contributed by atoms with van der Waals surface area (Å²) in [5.74, 6) is 2.92. The monoisotopic (exact) mass is 511 g/mol. The third-order valence-electron chi connectivity index (χ3n) is 5.36. The number of hydrogen-bond donors (Lipinski definition) is 0. The van der Waals surface area contributed by atoms with E-state index in [9.17, 15) is 22.8 Å². The smallest absolute Gasteiger partial charge is 0.445 e. The van der Waals surface area contributed by atoms with Crippen molar-refractivity contribution in [2.75, 3.05) is 30.0 Å². The summed E-state index contributed by atoms with van der Waals surface area (Å²) in [6.07, 6.45) is -1.16. The minimum absolute atomic E-state index is 0.0764. The van der Waals surface area contributed by atoms with Gasteiger partial charge >= 0.3 is 18.3 Å². The number of amides is 3. The fourth-order valence-electron chi connectivity index (χ4n) is 3.49. The van der Waals surface area contributed by atoms with Gasteiger partial charge in [-0.1, -0.05) is 29.4 Å². The lowest BCUT2D eigenvalue weighted by Gasteiger charge is -2.44. The number of rotatable bonds is 6. The Kier molecular flexibility index (Phi) is 7.44. The summed E-state index contributed by atoms with van der Waals surface area (Å²) in [4.78, 5) is 30.0. The summed E-state index contributed by atoms with van der Waals surface area (Å²) in [5.41, 5.74) is -0.615. The fourth-order valence-corrected chi connectivity index (χ4v) is 4.23. The number of ether oxygens (including phenoxy) is 2. The number of halogens is 3. The fraction of sp³-hybridized carbons (Fsp3) is 0.455. The van der Waals surface area contributed by atoms with Crippen LogP contribution in [0.4, 0.5) is 33.6 Å². The average Bonchev–Trinajstić information content (AvgIpc) is 3.30. The van der Waals surface area contributed by atoms with Crippen LogP contribution >= 0.6 is 11.3 Å². The Bertz CT molecular complexity index is 1130. The summed E-state index contributed by atoms with van der Waals surface area (Å²) in [7, 11) is 1.45. The molecule has 9 nitrogen and oxygen atoms in total. The lowest BCUT2D eigenvalue weighted by Crippen LogP contribution is -2.61. The highest BCUT2D eigenvalue weighted by Gasteiger charge is 2.45. The van der Waals surface area contributed by atoms with Crippen molar-refractivity contribution in [1.29, 1.82) is 0 Å². The van der Waals surface area contributed by atoms with Gasteiger partial charge in [0.05, 0.1) is 18.3 Å². The molecule has 1 unspecified atom stereocenters.